The number of aliphatic hydroxyl groups excluding tert-OH is 2. The molecule has 6 nitrogen and oxygen atoms in total. The van der Waals surface area contributed by atoms with Crippen molar-refractivity contribution in [2.75, 3.05) is 13.2 Å². The Hall–Kier alpha value is -1.28. The van der Waals surface area contributed by atoms with Crippen molar-refractivity contribution in [2.45, 2.75) is 37.0 Å². The molecule has 1 aromatic rings. The first-order chi connectivity index (χ1) is 10.7. The van der Waals surface area contributed by atoms with Gasteiger partial charge < -0.3 is 29.2 Å². The van der Waals surface area contributed by atoms with Gasteiger partial charge in [0, 0.05) is 5.56 Å². The number of fused-ring (bicyclic) bond motifs is 1. The minimum absolute atomic E-state index is 0.222. The number of hydrogen-bond acceptors (Lipinski definition) is 6. The lowest BCUT2D eigenvalue weighted by atomic mass is 9.98. The Balaban J connectivity index is 1.69. The Morgan fingerprint density at radius 1 is 1.18 bits per heavy atom. The van der Waals surface area contributed by atoms with E-state index in [2.05, 4.69) is 6.58 Å². The zero-order valence-electron chi connectivity index (χ0n) is 12.1. The van der Waals surface area contributed by atoms with E-state index < -0.39 is 37.0 Å². The van der Waals surface area contributed by atoms with Crippen LogP contribution in [0, 0.1) is 0 Å². The maximum atomic E-state index is 10.3. The van der Waals surface area contributed by atoms with Crippen molar-refractivity contribution in [3.63, 3.8) is 0 Å². The molecule has 2 heterocycles. The van der Waals surface area contributed by atoms with Crippen molar-refractivity contribution < 1.29 is 29.2 Å². The van der Waals surface area contributed by atoms with Crippen molar-refractivity contribution in [3.05, 3.63) is 48.6 Å². The van der Waals surface area contributed by atoms with E-state index in [4.69, 9.17) is 18.9 Å². The van der Waals surface area contributed by atoms with Gasteiger partial charge in [-0.3, -0.25) is 0 Å². The highest BCUT2D eigenvalue weighted by atomic mass is 16.8. The van der Waals surface area contributed by atoms with Gasteiger partial charge in [-0.2, -0.15) is 0 Å². The van der Waals surface area contributed by atoms with Gasteiger partial charge in [-0.05, 0) is 0 Å². The molecule has 0 aliphatic carbocycles. The van der Waals surface area contributed by atoms with Crippen molar-refractivity contribution in [2.24, 2.45) is 0 Å². The van der Waals surface area contributed by atoms with Gasteiger partial charge in [-0.1, -0.05) is 36.4 Å². The first kappa shape index (κ1) is 15.6. The summed E-state index contributed by atoms with van der Waals surface area (Å²) in [7, 11) is 0. The van der Waals surface area contributed by atoms with Gasteiger partial charge in [0.2, 0.25) is 0 Å². The summed E-state index contributed by atoms with van der Waals surface area (Å²) in [6.45, 7) is 4.01. The summed E-state index contributed by atoms with van der Waals surface area (Å²) >= 11 is 0. The molecule has 120 valence electrons. The zero-order chi connectivity index (χ0) is 15.5. The largest absolute Gasteiger partial charge is 0.387 e. The van der Waals surface area contributed by atoms with Crippen LogP contribution < -0.4 is 0 Å². The lowest BCUT2D eigenvalue weighted by Gasteiger charge is -2.46. The Labute approximate surface area is 128 Å². The number of ether oxygens (including phenoxy) is 4. The number of hydrogen-bond donors (Lipinski definition) is 2. The van der Waals surface area contributed by atoms with Crippen LogP contribution in [-0.2, 0) is 18.9 Å². The van der Waals surface area contributed by atoms with Crippen LogP contribution in [0.15, 0.2) is 43.0 Å². The Morgan fingerprint density at radius 3 is 2.68 bits per heavy atom. The highest BCUT2D eigenvalue weighted by molar-refractivity contribution is 5.16. The topological polar surface area (TPSA) is 77.4 Å². The Bertz CT molecular complexity index is 491. The third-order valence-electron chi connectivity index (χ3n) is 3.78. The average Bonchev–Trinajstić information content (AvgIpc) is 2.57. The molecule has 1 aromatic carbocycles. The molecule has 3 rings (SSSR count). The molecule has 2 aliphatic heterocycles. The normalized spacial score (nSPS) is 38.3. The monoisotopic (exact) mass is 308 g/mol. The van der Waals surface area contributed by atoms with Crippen LogP contribution in [0.3, 0.4) is 0 Å². The summed E-state index contributed by atoms with van der Waals surface area (Å²) in [6.07, 6.45) is -3.41. The van der Waals surface area contributed by atoms with Gasteiger partial charge in [0.25, 0.3) is 0 Å². The highest BCUT2D eigenvalue weighted by Crippen LogP contribution is 2.34. The number of rotatable bonds is 4. The molecule has 22 heavy (non-hydrogen) atoms. The molecular weight excluding hydrogens is 288 g/mol. The van der Waals surface area contributed by atoms with Crippen LogP contribution in [-0.4, -0.2) is 54.1 Å². The molecule has 2 fully saturated rings. The van der Waals surface area contributed by atoms with Crippen molar-refractivity contribution >= 4 is 0 Å². The second-order valence-electron chi connectivity index (χ2n) is 5.32. The van der Waals surface area contributed by atoms with E-state index >= 15 is 0 Å². The molecule has 2 aliphatic rings. The van der Waals surface area contributed by atoms with Gasteiger partial charge >= 0.3 is 0 Å². The quantitative estimate of drug-likeness (QED) is 0.799. The number of aliphatic hydroxyl groups is 2. The highest BCUT2D eigenvalue weighted by Gasteiger charge is 2.49. The molecule has 2 N–H and O–H groups in total. The van der Waals surface area contributed by atoms with Crippen molar-refractivity contribution in [3.8, 4) is 0 Å². The summed E-state index contributed by atoms with van der Waals surface area (Å²) in [5.41, 5.74) is 0.854. The molecule has 6 heteroatoms. The molecule has 0 amide bonds. The summed E-state index contributed by atoms with van der Waals surface area (Å²) in [5.74, 6) is 0. The summed E-state index contributed by atoms with van der Waals surface area (Å²) in [4.78, 5) is 0. The predicted octanol–water partition coefficient (Wildman–Crippen LogP) is 0.750. The van der Waals surface area contributed by atoms with Crippen LogP contribution in [0.5, 0.6) is 0 Å². The maximum Gasteiger partial charge on any atom is 0.187 e. The fourth-order valence-electron chi connectivity index (χ4n) is 2.66. The summed E-state index contributed by atoms with van der Waals surface area (Å²) in [6, 6.07) is 9.44. The van der Waals surface area contributed by atoms with E-state index in [9.17, 15) is 10.2 Å². The molecule has 0 saturated carbocycles. The lowest BCUT2D eigenvalue weighted by molar-refractivity contribution is -0.360. The van der Waals surface area contributed by atoms with E-state index in [-0.39, 0.29) is 13.2 Å². The van der Waals surface area contributed by atoms with Crippen molar-refractivity contribution in [1.29, 1.82) is 0 Å². The van der Waals surface area contributed by atoms with Crippen LogP contribution in [0.2, 0.25) is 0 Å². The lowest BCUT2D eigenvalue weighted by Crippen LogP contribution is -2.62. The van der Waals surface area contributed by atoms with Crippen LogP contribution >= 0.6 is 0 Å². The summed E-state index contributed by atoms with van der Waals surface area (Å²) in [5, 5.41) is 20.4. The standard InChI is InChI=1S/C16H20O6/c1-2-8-19-16-13(18)12(17)14-11(21-16)9-20-15(22-14)10-6-4-3-5-7-10/h2-7,11-18H,1,8-9H2/t11-,12-,13-,14+,15+,16-/m1/s1. The molecule has 0 bridgehead atoms. The van der Waals surface area contributed by atoms with Gasteiger partial charge in [0.1, 0.15) is 24.4 Å². The minimum Gasteiger partial charge on any atom is -0.387 e. The predicted molar refractivity (Wildman–Crippen MR) is 76.8 cm³/mol. The maximum absolute atomic E-state index is 10.3. The first-order valence-electron chi connectivity index (χ1n) is 7.27. The second-order valence-corrected chi connectivity index (χ2v) is 5.32. The van der Waals surface area contributed by atoms with Crippen LogP contribution in [0.25, 0.3) is 0 Å². The smallest absolute Gasteiger partial charge is 0.187 e. The molecule has 0 unspecified atom stereocenters. The SMILES string of the molecule is C=CCO[C@@H]1O[C@@H]2CO[C@H](c3ccccc3)O[C@@H]2[C@H](O)[C@H]1O. The van der Waals surface area contributed by atoms with Crippen LogP contribution in [0.1, 0.15) is 11.9 Å². The minimum atomic E-state index is -1.18. The summed E-state index contributed by atoms with van der Waals surface area (Å²) < 4.78 is 22.4. The fraction of sp³-hybridized carbons (Fsp3) is 0.500. The third kappa shape index (κ3) is 3.08. The van der Waals surface area contributed by atoms with E-state index in [1.54, 1.807) is 6.08 Å². The number of benzene rings is 1. The Kier molecular flexibility index (Phi) is 4.87. The van der Waals surface area contributed by atoms with Gasteiger partial charge in [0.05, 0.1) is 13.2 Å². The van der Waals surface area contributed by atoms with Crippen molar-refractivity contribution in [1.82, 2.24) is 0 Å². The zero-order valence-corrected chi connectivity index (χ0v) is 12.1. The van der Waals surface area contributed by atoms with Gasteiger partial charge in [-0.15, -0.1) is 6.58 Å². The molecule has 6 atom stereocenters. The van der Waals surface area contributed by atoms with Gasteiger partial charge in [-0.25, -0.2) is 0 Å². The van der Waals surface area contributed by atoms with Crippen LogP contribution in [0.4, 0.5) is 0 Å². The molecule has 0 radical (unpaired) electrons. The molecule has 0 aromatic heterocycles. The average molecular weight is 308 g/mol. The van der Waals surface area contributed by atoms with E-state index in [0.29, 0.717) is 0 Å². The first-order valence-corrected chi connectivity index (χ1v) is 7.27. The molecule has 2 saturated heterocycles. The molecule has 0 spiro atoms. The third-order valence-corrected chi connectivity index (χ3v) is 3.78. The van der Waals surface area contributed by atoms with E-state index in [1.165, 1.54) is 0 Å². The van der Waals surface area contributed by atoms with Gasteiger partial charge in [0.15, 0.2) is 12.6 Å². The van der Waals surface area contributed by atoms with E-state index in [0.717, 1.165) is 5.56 Å². The Morgan fingerprint density at radius 2 is 1.95 bits per heavy atom. The van der Waals surface area contributed by atoms with E-state index in [1.807, 2.05) is 30.3 Å². The second kappa shape index (κ2) is 6.87. The fourth-order valence-corrected chi connectivity index (χ4v) is 2.66. The molecular formula is C16H20O6.